The Morgan fingerprint density at radius 3 is 2.39 bits per heavy atom. The number of nitrogens with zero attached hydrogens (tertiary/aromatic N) is 1. The Morgan fingerprint density at radius 1 is 1.13 bits per heavy atom. The molecule has 23 heavy (non-hydrogen) atoms. The molecule has 2 rings (SSSR count). The Hall–Kier alpha value is -2.89. The van der Waals surface area contributed by atoms with E-state index in [0.717, 1.165) is 16.8 Å². The molecule has 0 heterocycles. The maximum absolute atomic E-state index is 12.0. The van der Waals surface area contributed by atoms with Crippen LogP contribution in [0.25, 0.3) is 0 Å². The molecule has 0 aliphatic heterocycles. The summed E-state index contributed by atoms with van der Waals surface area (Å²) in [4.78, 5) is 22.5. The molecule has 0 bridgehead atoms. The standard InChI is InChI=1S/C17H19N3O3/c1-11-7-12(2)9-14(8-11)18-10-17(21)19-15-5-4-6-16(13(15)3)20(22)23/h4-9,18H,10H2,1-3H3,(H,19,21). The van der Waals surface area contributed by atoms with Crippen LogP contribution < -0.4 is 10.6 Å². The van der Waals surface area contributed by atoms with Crippen molar-refractivity contribution < 1.29 is 9.72 Å². The van der Waals surface area contributed by atoms with Gasteiger partial charge < -0.3 is 10.6 Å². The fourth-order valence-electron chi connectivity index (χ4n) is 2.41. The van der Waals surface area contributed by atoms with Crippen molar-refractivity contribution in [2.24, 2.45) is 0 Å². The van der Waals surface area contributed by atoms with E-state index in [-0.39, 0.29) is 18.1 Å². The van der Waals surface area contributed by atoms with Crippen LogP contribution in [-0.4, -0.2) is 17.4 Å². The topological polar surface area (TPSA) is 84.3 Å². The molecule has 1 amide bonds. The summed E-state index contributed by atoms with van der Waals surface area (Å²) < 4.78 is 0. The molecule has 0 saturated heterocycles. The third-order valence-electron chi connectivity index (χ3n) is 3.45. The molecule has 120 valence electrons. The van der Waals surface area contributed by atoms with E-state index in [4.69, 9.17) is 0 Å². The summed E-state index contributed by atoms with van der Waals surface area (Å²) in [5.41, 5.74) is 3.98. The maximum Gasteiger partial charge on any atom is 0.274 e. The van der Waals surface area contributed by atoms with Gasteiger partial charge in [-0.3, -0.25) is 14.9 Å². The molecule has 2 N–H and O–H groups in total. The largest absolute Gasteiger partial charge is 0.376 e. The van der Waals surface area contributed by atoms with Crippen molar-refractivity contribution in [3.05, 3.63) is 63.2 Å². The number of anilines is 2. The number of hydrogen-bond acceptors (Lipinski definition) is 4. The minimum Gasteiger partial charge on any atom is -0.376 e. The molecule has 2 aromatic rings. The summed E-state index contributed by atoms with van der Waals surface area (Å²) in [6.07, 6.45) is 0. The van der Waals surface area contributed by atoms with Crippen molar-refractivity contribution in [1.29, 1.82) is 0 Å². The Balaban J connectivity index is 2.03. The van der Waals surface area contributed by atoms with Gasteiger partial charge in [0.05, 0.1) is 22.7 Å². The van der Waals surface area contributed by atoms with Crippen molar-refractivity contribution in [2.75, 3.05) is 17.2 Å². The Bertz CT molecular complexity index is 736. The molecule has 6 heteroatoms. The highest BCUT2D eigenvalue weighted by Gasteiger charge is 2.14. The van der Waals surface area contributed by atoms with Crippen LogP contribution in [0.15, 0.2) is 36.4 Å². The highest BCUT2D eigenvalue weighted by atomic mass is 16.6. The predicted molar refractivity (Wildman–Crippen MR) is 90.9 cm³/mol. The van der Waals surface area contributed by atoms with Gasteiger partial charge in [-0.1, -0.05) is 12.1 Å². The van der Waals surface area contributed by atoms with Gasteiger partial charge in [0.2, 0.25) is 5.91 Å². The van der Waals surface area contributed by atoms with Crippen molar-refractivity contribution in [2.45, 2.75) is 20.8 Å². The number of nitro benzene ring substituents is 1. The van der Waals surface area contributed by atoms with Gasteiger partial charge in [0.15, 0.2) is 0 Å². The van der Waals surface area contributed by atoms with E-state index < -0.39 is 4.92 Å². The van der Waals surface area contributed by atoms with E-state index in [1.807, 2.05) is 26.0 Å². The van der Waals surface area contributed by atoms with Crippen LogP contribution in [0.2, 0.25) is 0 Å². The number of benzene rings is 2. The minimum absolute atomic E-state index is 0.00920. The Labute approximate surface area is 134 Å². The first-order chi connectivity index (χ1) is 10.9. The first-order valence-electron chi connectivity index (χ1n) is 7.23. The number of carbonyl (C=O) groups is 1. The molecule has 0 radical (unpaired) electrons. The van der Waals surface area contributed by atoms with Gasteiger partial charge >= 0.3 is 0 Å². The van der Waals surface area contributed by atoms with Crippen molar-refractivity contribution in [3.63, 3.8) is 0 Å². The first kappa shape index (κ1) is 16.5. The Morgan fingerprint density at radius 2 is 1.78 bits per heavy atom. The van der Waals surface area contributed by atoms with E-state index in [1.165, 1.54) is 6.07 Å². The van der Waals surface area contributed by atoms with Gasteiger partial charge in [0.25, 0.3) is 5.69 Å². The van der Waals surface area contributed by atoms with Crippen LogP contribution in [0.3, 0.4) is 0 Å². The summed E-state index contributed by atoms with van der Waals surface area (Å²) >= 11 is 0. The summed E-state index contributed by atoms with van der Waals surface area (Å²) in [5.74, 6) is -0.257. The zero-order chi connectivity index (χ0) is 17.0. The third kappa shape index (κ3) is 4.29. The molecule has 0 atom stereocenters. The van der Waals surface area contributed by atoms with E-state index in [1.54, 1.807) is 19.1 Å². The monoisotopic (exact) mass is 313 g/mol. The molecule has 0 fully saturated rings. The molecule has 0 unspecified atom stereocenters. The summed E-state index contributed by atoms with van der Waals surface area (Å²) in [6, 6.07) is 10.6. The van der Waals surface area contributed by atoms with Crippen LogP contribution in [0.5, 0.6) is 0 Å². The number of rotatable bonds is 5. The summed E-state index contributed by atoms with van der Waals surface area (Å²) in [7, 11) is 0. The highest BCUT2D eigenvalue weighted by molar-refractivity contribution is 5.94. The molecule has 0 aromatic heterocycles. The van der Waals surface area contributed by atoms with Crippen molar-refractivity contribution in [1.82, 2.24) is 0 Å². The van der Waals surface area contributed by atoms with Gasteiger partial charge in [-0.2, -0.15) is 0 Å². The summed E-state index contributed by atoms with van der Waals surface area (Å²) in [5, 5.41) is 16.7. The van der Waals surface area contributed by atoms with E-state index in [0.29, 0.717) is 11.3 Å². The molecule has 6 nitrogen and oxygen atoms in total. The molecular weight excluding hydrogens is 294 g/mol. The van der Waals surface area contributed by atoms with Gasteiger partial charge in [-0.05, 0) is 50.1 Å². The van der Waals surface area contributed by atoms with E-state index in [9.17, 15) is 14.9 Å². The first-order valence-corrected chi connectivity index (χ1v) is 7.23. The van der Waals surface area contributed by atoms with Gasteiger partial charge in [0.1, 0.15) is 0 Å². The highest BCUT2D eigenvalue weighted by Crippen LogP contribution is 2.24. The lowest BCUT2D eigenvalue weighted by molar-refractivity contribution is -0.385. The van der Waals surface area contributed by atoms with E-state index in [2.05, 4.69) is 16.7 Å². The maximum atomic E-state index is 12.0. The lowest BCUT2D eigenvalue weighted by atomic mass is 10.1. The second-order valence-electron chi connectivity index (χ2n) is 5.48. The zero-order valence-electron chi connectivity index (χ0n) is 13.3. The van der Waals surface area contributed by atoms with Crippen LogP contribution in [0, 0.1) is 30.9 Å². The SMILES string of the molecule is Cc1cc(C)cc(NCC(=O)Nc2cccc([N+](=O)[O-])c2C)c1. The van der Waals surface area contributed by atoms with Crippen LogP contribution in [0.1, 0.15) is 16.7 Å². The number of aryl methyl sites for hydroxylation is 2. The molecule has 0 aliphatic rings. The van der Waals surface area contributed by atoms with Crippen molar-refractivity contribution >= 4 is 23.0 Å². The lowest BCUT2D eigenvalue weighted by Crippen LogP contribution is -2.22. The molecule has 0 saturated carbocycles. The van der Waals surface area contributed by atoms with Crippen molar-refractivity contribution in [3.8, 4) is 0 Å². The van der Waals surface area contributed by atoms with Gasteiger partial charge in [-0.25, -0.2) is 0 Å². The number of carbonyl (C=O) groups excluding carboxylic acids is 1. The normalized spacial score (nSPS) is 10.2. The lowest BCUT2D eigenvalue weighted by Gasteiger charge is -2.11. The van der Waals surface area contributed by atoms with Gasteiger partial charge in [0, 0.05) is 11.8 Å². The van der Waals surface area contributed by atoms with Crippen LogP contribution in [-0.2, 0) is 4.79 Å². The smallest absolute Gasteiger partial charge is 0.274 e. The number of nitro groups is 1. The minimum atomic E-state index is -0.460. The van der Waals surface area contributed by atoms with Crippen LogP contribution >= 0.6 is 0 Å². The van der Waals surface area contributed by atoms with Crippen LogP contribution in [0.4, 0.5) is 17.1 Å². The third-order valence-corrected chi connectivity index (χ3v) is 3.45. The summed E-state index contributed by atoms with van der Waals surface area (Å²) in [6.45, 7) is 5.69. The second-order valence-corrected chi connectivity index (χ2v) is 5.48. The Kier molecular flexibility index (Phi) is 4.95. The number of amides is 1. The molecule has 2 aromatic carbocycles. The fraction of sp³-hybridized carbons (Fsp3) is 0.235. The zero-order valence-corrected chi connectivity index (χ0v) is 13.3. The molecule has 0 spiro atoms. The molecule has 0 aliphatic carbocycles. The number of nitrogens with one attached hydrogen (secondary N) is 2. The fourth-order valence-corrected chi connectivity index (χ4v) is 2.41. The average Bonchev–Trinajstić information content (AvgIpc) is 2.46. The van der Waals surface area contributed by atoms with E-state index >= 15 is 0 Å². The quantitative estimate of drug-likeness (QED) is 0.653. The predicted octanol–water partition coefficient (Wildman–Crippen LogP) is 3.57. The second kappa shape index (κ2) is 6.91. The number of hydrogen-bond donors (Lipinski definition) is 2. The van der Waals surface area contributed by atoms with Gasteiger partial charge in [-0.15, -0.1) is 0 Å². The average molecular weight is 313 g/mol. The molecular formula is C17H19N3O3.